The van der Waals surface area contributed by atoms with Gasteiger partial charge in [0.2, 0.25) is 0 Å². The van der Waals surface area contributed by atoms with Crippen molar-refractivity contribution in [1.82, 2.24) is 14.5 Å². The van der Waals surface area contributed by atoms with Crippen LogP contribution in [0.5, 0.6) is 5.75 Å². The molecule has 0 aliphatic rings. The number of rotatable bonds is 7. The Labute approximate surface area is 158 Å². The highest BCUT2D eigenvalue weighted by atomic mass is 16.5. The second-order valence-corrected chi connectivity index (χ2v) is 6.41. The highest BCUT2D eigenvalue weighted by Gasteiger charge is 2.21. The van der Waals surface area contributed by atoms with Crippen LogP contribution < -0.4 is 16.0 Å². The van der Waals surface area contributed by atoms with Gasteiger partial charge in [0.05, 0.1) is 30.6 Å². The number of methoxy groups -OCH3 is 1. The van der Waals surface area contributed by atoms with Crippen molar-refractivity contribution in [2.24, 2.45) is 0 Å². The Morgan fingerprint density at radius 3 is 2.52 bits per heavy atom. The standard InChI is InChI=1S/C21H25N3O3/c1-4-23(5-2)19(15-9-8-10-16(13-15)27-3)14-24-20(25)17-11-6-7-12-18(17)22-21(24)26/h6-13,19H,4-5,14H2,1-3H3,(H,22,26)/t19-/m0/s1. The minimum Gasteiger partial charge on any atom is -0.497 e. The molecular weight excluding hydrogens is 342 g/mol. The summed E-state index contributed by atoms with van der Waals surface area (Å²) in [6.07, 6.45) is 0. The van der Waals surface area contributed by atoms with Crippen LogP contribution in [0.1, 0.15) is 25.5 Å². The van der Waals surface area contributed by atoms with Gasteiger partial charge in [0.15, 0.2) is 0 Å². The van der Waals surface area contributed by atoms with Crippen molar-refractivity contribution in [2.75, 3.05) is 20.2 Å². The second kappa shape index (κ2) is 8.22. The Bertz CT molecular complexity index is 1030. The molecule has 0 bridgehead atoms. The quantitative estimate of drug-likeness (QED) is 0.697. The lowest BCUT2D eigenvalue weighted by atomic mass is 10.0. The minimum atomic E-state index is -0.390. The lowest BCUT2D eigenvalue weighted by Crippen LogP contribution is -2.40. The average Bonchev–Trinajstić information content (AvgIpc) is 2.70. The number of nitrogens with one attached hydrogen (secondary N) is 1. The maximum Gasteiger partial charge on any atom is 0.328 e. The third-order valence-electron chi connectivity index (χ3n) is 4.98. The third-order valence-corrected chi connectivity index (χ3v) is 4.98. The van der Waals surface area contributed by atoms with Crippen molar-refractivity contribution in [3.05, 3.63) is 74.9 Å². The zero-order valence-electron chi connectivity index (χ0n) is 15.9. The van der Waals surface area contributed by atoms with Crippen molar-refractivity contribution >= 4 is 10.9 Å². The summed E-state index contributed by atoms with van der Waals surface area (Å²) >= 11 is 0. The predicted molar refractivity (Wildman–Crippen MR) is 107 cm³/mol. The fourth-order valence-corrected chi connectivity index (χ4v) is 3.48. The minimum absolute atomic E-state index is 0.116. The molecule has 0 amide bonds. The van der Waals surface area contributed by atoms with Crippen LogP contribution in [-0.2, 0) is 6.54 Å². The zero-order chi connectivity index (χ0) is 19.4. The zero-order valence-corrected chi connectivity index (χ0v) is 15.9. The molecule has 6 nitrogen and oxygen atoms in total. The summed E-state index contributed by atoms with van der Waals surface area (Å²) in [6, 6.07) is 14.8. The smallest absolute Gasteiger partial charge is 0.328 e. The Kier molecular flexibility index (Phi) is 5.76. The Morgan fingerprint density at radius 2 is 1.81 bits per heavy atom. The molecular formula is C21H25N3O3. The van der Waals surface area contributed by atoms with Gasteiger partial charge in [0.25, 0.3) is 5.56 Å². The van der Waals surface area contributed by atoms with Crippen LogP contribution in [0, 0.1) is 0 Å². The maximum absolute atomic E-state index is 12.9. The van der Waals surface area contributed by atoms with Crippen molar-refractivity contribution < 1.29 is 4.74 Å². The van der Waals surface area contributed by atoms with Gasteiger partial charge in [-0.1, -0.05) is 38.1 Å². The normalized spacial score (nSPS) is 12.4. The van der Waals surface area contributed by atoms with Gasteiger partial charge < -0.3 is 9.72 Å². The Morgan fingerprint density at radius 1 is 1.07 bits per heavy atom. The number of para-hydroxylation sites is 1. The van der Waals surface area contributed by atoms with Gasteiger partial charge in [-0.15, -0.1) is 0 Å². The number of ether oxygens (including phenoxy) is 1. The number of benzene rings is 2. The van der Waals surface area contributed by atoms with E-state index < -0.39 is 5.69 Å². The van der Waals surface area contributed by atoms with E-state index in [1.807, 2.05) is 24.3 Å². The summed E-state index contributed by atoms with van der Waals surface area (Å²) in [6.45, 7) is 6.03. The summed E-state index contributed by atoms with van der Waals surface area (Å²) in [5, 5.41) is 0.515. The number of H-pyrrole nitrogens is 1. The number of aromatic amines is 1. The molecule has 3 rings (SSSR count). The summed E-state index contributed by atoms with van der Waals surface area (Å²) in [5.41, 5.74) is 0.912. The molecule has 0 unspecified atom stereocenters. The van der Waals surface area contributed by atoms with Crippen molar-refractivity contribution in [3.8, 4) is 5.75 Å². The molecule has 0 aliphatic heterocycles. The molecule has 0 spiro atoms. The highest BCUT2D eigenvalue weighted by Crippen LogP contribution is 2.25. The van der Waals surface area contributed by atoms with E-state index in [2.05, 4.69) is 23.7 Å². The SMILES string of the molecule is CCN(CC)[C@@H](Cn1c(=O)[nH]c2ccccc2c1=O)c1cccc(OC)c1. The molecule has 27 heavy (non-hydrogen) atoms. The monoisotopic (exact) mass is 367 g/mol. The van der Waals surface area contributed by atoms with E-state index >= 15 is 0 Å². The average molecular weight is 367 g/mol. The molecule has 6 heteroatoms. The first-order valence-corrected chi connectivity index (χ1v) is 9.18. The third kappa shape index (κ3) is 3.80. The first kappa shape index (κ1) is 18.9. The van der Waals surface area contributed by atoms with Crippen LogP contribution in [0.2, 0.25) is 0 Å². The molecule has 1 heterocycles. The molecule has 0 saturated heterocycles. The van der Waals surface area contributed by atoms with Crippen molar-refractivity contribution in [1.29, 1.82) is 0 Å². The molecule has 1 N–H and O–H groups in total. The van der Waals surface area contributed by atoms with Crippen molar-refractivity contribution in [2.45, 2.75) is 26.4 Å². The van der Waals surface area contributed by atoms with E-state index in [0.29, 0.717) is 10.9 Å². The number of nitrogens with zero attached hydrogens (tertiary/aromatic N) is 2. The van der Waals surface area contributed by atoms with E-state index in [-0.39, 0.29) is 18.1 Å². The van der Waals surface area contributed by atoms with Crippen LogP contribution in [0.3, 0.4) is 0 Å². The molecule has 0 aliphatic carbocycles. The number of hydrogen-bond donors (Lipinski definition) is 1. The van der Waals surface area contributed by atoms with Crippen LogP contribution in [-0.4, -0.2) is 34.7 Å². The summed E-state index contributed by atoms with van der Waals surface area (Å²) in [4.78, 5) is 30.6. The topological polar surface area (TPSA) is 67.3 Å². The molecule has 0 radical (unpaired) electrons. The first-order valence-electron chi connectivity index (χ1n) is 9.18. The van der Waals surface area contributed by atoms with E-state index in [1.54, 1.807) is 31.4 Å². The maximum atomic E-state index is 12.9. The molecule has 0 fully saturated rings. The molecule has 2 aromatic carbocycles. The summed E-state index contributed by atoms with van der Waals surface area (Å²) < 4.78 is 6.65. The van der Waals surface area contributed by atoms with E-state index in [4.69, 9.17) is 4.74 Å². The number of likely N-dealkylation sites (N-methyl/N-ethyl adjacent to an activating group) is 1. The van der Waals surface area contributed by atoms with Gasteiger partial charge in [-0.25, -0.2) is 4.79 Å². The van der Waals surface area contributed by atoms with Crippen LogP contribution in [0.15, 0.2) is 58.1 Å². The lowest BCUT2D eigenvalue weighted by molar-refractivity contribution is 0.194. The number of hydrogen-bond acceptors (Lipinski definition) is 4. The van der Waals surface area contributed by atoms with Crippen molar-refractivity contribution in [3.63, 3.8) is 0 Å². The number of fused-ring (bicyclic) bond motifs is 1. The highest BCUT2D eigenvalue weighted by molar-refractivity contribution is 5.76. The van der Waals surface area contributed by atoms with Crippen LogP contribution in [0.4, 0.5) is 0 Å². The molecule has 142 valence electrons. The second-order valence-electron chi connectivity index (χ2n) is 6.41. The summed E-state index contributed by atoms with van der Waals surface area (Å²) in [5.74, 6) is 0.754. The Hall–Kier alpha value is -2.86. The first-order chi connectivity index (χ1) is 13.1. The van der Waals surface area contributed by atoms with Gasteiger partial charge in [-0.3, -0.25) is 14.3 Å². The molecule has 0 saturated carbocycles. The molecule has 1 aromatic heterocycles. The van der Waals surface area contributed by atoms with Gasteiger partial charge in [-0.2, -0.15) is 0 Å². The lowest BCUT2D eigenvalue weighted by Gasteiger charge is -2.30. The van der Waals surface area contributed by atoms with E-state index in [0.717, 1.165) is 24.4 Å². The van der Waals surface area contributed by atoms with Crippen LogP contribution >= 0.6 is 0 Å². The molecule has 1 atom stereocenters. The fourth-order valence-electron chi connectivity index (χ4n) is 3.48. The fraction of sp³-hybridized carbons (Fsp3) is 0.333. The van der Waals surface area contributed by atoms with Gasteiger partial charge in [0.1, 0.15) is 5.75 Å². The van der Waals surface area contributed by atoms with Gasteiger partial charge in [-0.05, 0) is 42.9 Å². The number of aromatic nitrogens is 2. The van der Waals surface area contributed by atoms with E-state index in [9.17, 15) is 9.59 Å². The van der Waals surface area contributed by atoms with Gasteiger partial charge in [0, 0.05) is 0 Å². The van der Waals surface area contributed by atoms with Gasteiger partial charge >= 0.3 is 5.69 Å². The van der Waals surface area contributed by atoms with Crippen LogP contribution in [0.25, 0.3) is 10.9 Å². The summed E-state index contributed by atoms with van der Waals surface area (Å²) in [7, 11) is 1.63. The predicted octanol–water partition coefficient (Wildman–Crippen LogP) is 2.78. The van der Waals surface area contributed by atoms with E-state index in [1.165, 1.54) is 4.57 Å². The molecule has 3 aromatic rings. The largest absolute Gasteiger partial charge is 0.497 e. The Balaban J connectivity index is 2.11.